The molecule has 0 atom stereocenters. The number of fused-ring (bicyclic) bond motifs is 1. The lowest BCUT2D eigenvalue weighted by Gasteiger charge is -2.13. The summed E-state index contributed by atoms with van der Waals surface area (Å²) < 4.78 is 13.3. The number of phenolic OH excluding ortho intramolecular Hbond substituents is 1. The van der Waals surface area contributed by atoms with Gasteiger partial charge in [0, 0.05) is 17.1 Å². The molecule has 25 heavy (non-hydrogen) atoms. The zero-order valence-electron chi connectivity index (χ0n) is 13.6. The third-order valence-corrected chi connectivity index (χ3v) is 4.29. The van der Waals surface area contributed by atoms with Gasteiger partial charge in [0.05, 0.1) is 0 Å². The van der Waals surface area contributed by atoms with Crippen LogP contribution in [0.3, 0.4) is 0 Å². The highest BCUT2D eigenvalue weighted by atomic mass is 19.1. The Labute approximate surface area is 144 Å². The first-order chi connectivity index (χ1) is 12.1. The number of aryl methyl sites for hydroxylation is 1. The van der Waals surface area contributed by atoms with Crippen LogP contribution in [0.15, 0.2) is 67.1 Å². The second kappa shape index (κ2) is 5.98. The molecular formula is C21H15FN2O. The average Bonchev–Trinajstić information content (AvgIpc) is 2.64. The van der Waals surface area contributed by atoms with Crippen molar-refractivity contribution in [2.45, 2.75) is 6.92 Å². The standard InChI is InChI=1S/C21H15FN2O/c1-13-2-4-14(5-3-13)17-10-18(15-6-8-16(22)9-7-15)21(25)20-19(17)11-23-12-24-20/h2-12,25H,1H3. The Kier molecular flexibility index (Phi) is 3.65. The van der Waals surface area contributed by atoms with Crippen LogP contribution >= 0.6 is 0 Å². The Hall–Kier alpha value is -3.27. The maximum absolute atomic E-state index is 13.3. The highest BCUT2D eigenvalue weighted by Crippen LogP contribution is 2.40. The third kappa shape index (κ3) is 2.72. The molecule has 122 valence electrons. The van der Waals surface area contributed by atoms with E-state index in [1.54, 1.807) is 18.3 Å². The molecule has 0 aliphatic rings. The van der Waals surface area contributed by atoms with Crippen LogP contribution in [0.2, 0.25) is 0 Å². The van der Waals surface area contributed by atoms with Gasteiger partial charge in [-0.05, 0) is 41.8 Å². The summed E-state index contributed by atoms with van der Waals surface area (Å²) in [6, 6.07) is 16.1. The maximum atomic E-state index is 13.3. The summed E-state index contributed by atoms with van der Waals surface area (Å²) in [5.41, 5.74) is 4.92. The Morgan fingerprint density at radius 3 is 2.24 bits per heavy atom. The molecule has 0 spiro atoms. The molecule has 4 rings (SSSR count). The number of nitrogens with zero attached hydrogens (tertiary/aromatic N) is 2. The van der Waals surface area contributed by atoms with Crippen molar-refractivity contribution < 1.29 is 9.50 Å². The van der Waals surface area contributed by atoms with Crippen molar-refractivity contribution in [2.24, 2.45) is 0 Å². The van der Waals surface area contributed by atoms with E-state index in [0.717, 1.165) is 22.1 Å². The van der Waals surface area contributed by atoms with Gasteiger partial charge in [0.2, 0.25) is 0 Å². The summed E-state index contributed by atoms with van der Waals surface area (Å²) in [4.78, 5) is 8.35. The molecule has 1 N–H and O–H groups in total. The Morgan fingerprint density at radius 2 is 1.52 bits per heavy atom. The summed E-state index contributed by atoms with van der Waals surface area (Å²) in [5, 5.41) is 11.5. The van der Waals surface area contributed by atoms with E-state index in [-0.39, 0.29) is 11.6 Å². The number of halogens is 1. The molecule has 3 aromatic carbocycles. The van der Waals surface area contributed by atoms with Gasteiger partial charge in [0.1, 0.15) is 23.4 Å². The van der Waals surface area contributed by atoms with Gasteiger partial charge in [-0.2, -0.15) is 0 Å². The third-order valence-electron chi connectivity index (χ3n) is 4.29. The van der Waals surface area contributed by atoms with Crippen molar-refractivity contribution >= 4 is 10.9 Å². The molecule has 0 amide bonds. The first-order valence-corrected chi connectivity index (χ1v) is 7.92. The molecular weight excluding hydrogens is 315 g/mol. The highest BCUT2D eigenvalue weighted by Gasteiger charge is 2.15. The Morgan fingerprint density at radius 1 is 0.880 bits per heavy atom. The van der Waals surface area contributed by atoms with Crippen LogP contribution in [-0.2, 0) is 0 Å². The highest BCUT2D eigenvalue weighted by molar-refractivity contribution is 6.02. The molecule has 0 unspecified atom stereocenters. The molecule has 0 saturated carbocycles. The predicted molar refractivity (Wildman–Crippen MR) is 96.8 cm³/mol. The molecule has 0 fully saturated rings. The number of hydrogen-bond acceptors (Lipinski definition) is 3. The van der Waals surface area contributed by atoms with Crippen LogP contribution in [0.5, 0.6) is 5.75 Å². The number of aromatic nitrogens is 2. The minimum atomic E-state index is -0.315. The van der Waals surface area contributed by atoms with E-state index in [0.29, 0.717) is 11.1 Å². The van der Waals surface area contributed by atoms with Gasteiger partial charge >= 0.3 is 0 Å². The normalized spacial score (nSPS) is 11.0. The Bertz CT molecular complexity index is 1060. The first-order valence-electron chi connectivity index (χ1n) is 7.92. The molecule has 0 aliphatic carbocycles. The summed E-state index contributed by atoms with van der Waals surface area (Å²) in [7, 11) is 0. The zero-order chi connectivity index (χ0) is 17.4. The van der Waals surface area contributed by atoms with E-state index < -0.39 is 0 Å². The lowest BCUT2D eigenvalue weighted by atomic mass is 9.94. The van der Waals surface area contributed by atoms with Crippen LogP contribution < -0.4 is 0 Å². The fraction of sp³-hybridized carbons (Fsp3) is 0.0476. The molecule has 1 aromatic heterocycles. The fourth-order valence-corrected chi connectivity index (χ4v) is 2.95. The van der Waals surface area contributed by atoms with Gasteiger partial charge in [0.15, 0.2) is 0 Å². The lowest BCUT2D eigenvalue weighted by molar-refractivity contribution is 0.482. The number of benzene rings is 3. The number of phenols is 1. The van der Waals surface area contributed by atoms with E-state index >= 15 is 0 Å². The van der Waals surface area contributed by atoms with Gasteiger partial charge in [-0.3, -0.25) is 0 Å². The van der Waals surface area contributed by atoms with Gasteiger partial charge in [-0.1, -0.05) is 42.0 Å². The predicted octanol–water partition coefficient (Wildman–Crippen LogP) is 5.12. The molecule has 1 heterocycles. The van der Waals surface area contributed by atoms with Crippen LogP contribution in [0.25, 0.3) is 33.2 Å². The van der Waals surface area contributed by atoms with Gasteiger partial charge < -0.3 is 5.11 Å². The molecule has 4 heteroatoms. The van der Waals surface area contributed by atoms with Crippen molar-refractivity contribution in [1.82, 2.24) is 9.97 Å². The van der Waals surface area contributed by atoms with Crippen molar-refractivity contribution in [3.8, 4) is 28.0 Å². The van der Waals surface area contributed by atoms with Gasteiger partial charge in [0.25, 0.3) is 0 Å². The van der Waals surface area contributed by atoms with Gasteiger partial charge in [-0.25, -0.2) is 14.4 Å². The van der Waals surface area contributed by atoms with E-state index in [4.69, 9.17) is 0 Å². The maximum Gasteiger partial charge on any atom is 0.149 e. The SMILES string of the molecule is Cc1ccc(-c2cc(-c3ccc(F)cc3)c(O)c3ncncc23)cc1. The number of aromatic hydroxyl groups is 1. The van der Waals surface area contributed by atoms with Crippen LogP contribution in [0.1, 0.15) is 5.56 Å². The minimum absolute atomic E-state index is 0.0693. The fourth-order valence-electron chi connectivity index (χ4n) is 2.95. The lowest BCUT2D eigenvalue weighted by Crippen LogP contribution is -1.90. The van der Waals surface area contributed by atoms with Crippen molar-refractivity contribution in [1.29, 1.82) is 0 Å². The molecule has 3 nitrogen and oxygen atoms in total. The minimum Gasteiger partial charge on any atom is -0.505 e. The second-order valence-electron chi connectivity index (χ2n) is 5.98. The first kappa shape index (κ1) is 15.3. The largest absolute Gasteiger partial charge is 0.505 e. The molecule has 0 bridgehead atoms. The molecule has 0 radical (unpaired) electrons. The van der Waals surface area contributed by atoms with Crippen molar-refractivity contribution in [3.63, 3.8) is 0 Å². The average molecular weight is 330 g/mol. The van der Waals surface area contributed by atoms with E-state index in [2.05, 4.69) is 9.97 Å². The second-order valence-corrected chi connectivity index (χ2v) is 5.98. The summed E-state index contributed by atoms with van der Waals surface area (Å²) in [6.45, 7) is 2.03. The Balaban J connectivity index is 2.03. The van der Waals surface area contributed by atoms with Crippen molar-refractivity contribution in [3.05, 3.63) is 78.5 Å². The zero-order valence-corrected chi connectivity index (χ0v) is 13.6. The summed E-state index contributed by atoms with van der Waals surface area (Å²) in [6.07, 6.45) is 3.11. The quantitative estimate of drug-likeness (QED) is 0.555. The summed E-state index contributed by atoms with van der Waals surface area (Å²) >= 11 is 0. The van der Waals surface area contributed by atoms with E-state index in [1.165, 1.54) is 24.0 Å². The van der Waals surface area contributed by atoms with E-state index in [1.807, 2.05) is 37.3 Å². The summed E-state index contributed by atoms with van der Waals surface area (Å²) in [5.74, 6) is -0.245. The number of hydrogen-bond donors (Lipinski definition) is 1. The van der Waals surface area contributed by atoms with E-state index in [9.17, 15) is 9.50 Å². The molecule has 4 aromatic rings. The molecule has 0 saturated heterocycles. The monoisotopic (exact) mass is 330 g/mol. The van der Waals surface area contributed by atoms with Crippen LogP contribution in [0, 0.1) is 12.7 Å². The van der Waals surface area contributed by atoms with Crippen LogP contribution in [0.4, 0.5) is 4.39 Å². The topological polar surface area (TPSA) is 46.0 Å². The van der Waals surface area contributed by atoms with Crippen molar-refractivity contribution in [2.75, 3.05) is 0 Å². The van der Waals surface area contributed by atoms with Crippen LogP contribution in [-0.4, -0.2) is 15.1 Å². The number of rotatable bonds is 2. The van der Waals surface area contributed by atoms with Gasteiger partial charge in [-0.15, -0.1) is 0 Å². The molecule has 0 aliphatic heterocycles. The smallest absolute Gasteiger partial charge is 0.149 e.